The predicted molar refractivity (Wildman–Crippen MR) is 128 cm³/mol. The van der Waals surface area contributed by atoms with E-state index in [0.717, 1.165) is 54.8 Å². The van der Waals surface area contributed by atoms with Crippen molar-refractivity contribution in [3.05, 3.63) is 11.6 Å². The Balaban J connectivity index is 1.47. The highest BCUT2D eigenvalue weighted by atomic mass is 16.4. The van der Waals surface area contributed by atoms with Crippen LogP contribution in [0.5, 0.6) is 0 Å². The van der Waals surface area contributed by atoms with Crippen LogP contribution < -0.4 is 5.32 Å². The van der Waals surface area contributed by atoms with Crippen LogP contribution in [0, 0.1) is 46.3 Å². The second-order valence-corrected chi connectivity index (χ2v) is 12.7. The van der Waals surface area contributed by atoms with Crippen LogP contribution in [0.2, 0.25) is 0 Å². The molecule has 3 unspecified atom stereocenters. The van der Waals surface area contributed by atoms with Crippen molar-refractivity contribution in [3.8, 4) is 0 Å². The minimum Gasteiger partial charge on any atom is -0.465 e. The summed E-state index contributed by atoms with van der Waals surface area (Å²) in [5, 5.41) is 11.9. The molecule has 0 aromatic heterocycles. The van der Waals surface area contributed by atoms with Crippen molar-refractivity contribution in [1.82, 2.24) is 5.32 Å². The Morgan fingerprint density at radius 1 is 1.10 bits per heavy atom. The van der Waals surface area contributed by atoms with E-state index in [4.69, 9.17) is 5.11 Å². The van der Waals surface area contributed by atoms with E-state index in [0.29, 0.717) is 10.8 Å². The van der Waals surface area contributed by atoms with E-state index < -0.39 is 6.09 Å². The lowest BCUT2D eigenvalue weighted by molar-refractivity contribution is -0.0513. The molecular formula is C28H47NO2. The molecule has 1 amide bonds. The molecule has 3 heteroatoms. The number of fused-ring (bicyclic) bond motifs is 5. The van der Waals surface area contributed by atoms with Crippen molar-refractivity contribution in [3.63, 3.8) is 0 Å². The standard InChI is InChI=1S/C28H47NO2/c1-18(2)7-6-8-19(3)23-11-12-24-22-10-9-20-17-21(29-26(30)31)13-15-27(20,4)25(22)14-16-28(23,24)5/h9,18-19,21-25,29H,6-8,10-17H2,1-5H3,(H,30,31)/t19-,21+,22?,23-,24?,25?,27+,28-/m1/s1. The van der Waals surface area contributed by atoms with Gasteiger partial charge in [0.05, 0.1) is 0 Å². The van der Waals surface area contributed by atoms with Crippen molar-refractivity contribution in [1.29, 1.82) is 0 Å². The van der Waals surface area contributed by atoms with Crippen LogP contribution >= 0.6 is 0 Å². The van der Waals surface area contributed by atoms with Gasteiger partial charge in [0.25, 0.3) is 0 Å². The highest BCUT2D eigenvalue weighted by Crippen LogP contribution is 2.67. The van der Waals surface area contributed by atoms with Gasteiger partial charge in [-0.15, -0.1) is 0 Å². The summed E-state index contributed by atoms with van der Waals surface area (Å²) >= 11 is 0. The molecule has 3 nitrogen and oxygen atoms in total. The first-order valence-corrected chi connectivity index (χ1v) is 13.3. The van der Waals surface area contributed by atoms with Crippen LogP contribution in [-0.2, 0) is 0 Å². The quantitative estimate of drug-likeness (QED) is 0.426. The Bertz CT molecular complexity index is 699. The summed E-state index contributed by atoms with van der Waals surface area (Å²) in [4.78, 5) is 11.1. The van der Waals surface area contributed by atoms with Gasteiger partial charge in [0.2, 0.25) is 0 Å². The molecule has 2 N–H and O–H groups in total. The Kier molecular flexibility index (Phi) is 6.54. The third-order valence-corrected chi connectivity index (χ3v) is 10.6. The average Bonchev–Trinajstić information content (AvgIpc) is 3.05. The van der Waals surface area contributed by atoms with Crippen molar-refractivity contribution in [2.24, 2.45) is 46.3 Å². The fourth-order valence-electron chi connectivity index (χ4n) is 8.98. The van der Waals surface area contributed by atoms with Crippen LogP contribution in [0.4, 0.5) is 4.79 Å². The lowest BCUT2D eigenvalue weighted by atomic mass is 9.47. The Morgan fingerprint density at radius 2 is 1.87 bits per heavy atom. The molecule has 3 fully saturated rings. The van der Waals surface area contributed by atoms with E-state index in [-0.39, 0.29) is 6.04 Å². The number of hydrogen-bond donors (Lipinski definition) is 2. The summed E-state index contributed by atoms with van der Waals surface area (Å²) in [6.45, 7) is 12.5. The molecule has 0 spiro atoms. The summed E-state index contributed by atoms with van der Waals surface area (Å²) in [6, 6.07) is 0.116. The van der Waals surface area contributed by atoms with Gasteiger partial charge in [0.1, 0.15) is 0 Å². The zero-order valence-corrected chi connectivity index (χ0v) is 20.8. The van der Waals surface area contributed by atoms with Gasteiger partial charge in [-0.1, -0.05) is 65.5 Å². The van der Waals surface area contributed by atoms with E-state index in [1.165, 1.54) is 51.4 Å². The molecule has 0 bridgehead atoms. The first-order chi connectivity index (χ1) is 14.6. The molecule has 0 aliphatic heterocycles. The molecule has 8 atom stereocenters. The predicted octanol–water partition coefficient (Wildman–Crippen LogP) is 7.66. The van der Waals surface area contributed by atoms with Crippen LogP contribution in [0.1, 0.15) is 105 Å². The van der Waals surface area contributed by atoms with Crippen LogP contribution in [0.15, 0.2) is 11.6 Å². The SMILES string of the molecule is CC(C)CCC[C@@H](C)[C@H]1CCC2C3CC=C4C[C@@H](NC(=O)O)CC[C@]4(C)C3CC[C@@]21C. The number of hydrogen-bond acceptors (Lipinski definition) is 1. The summed E-state index contributed by atoms with van der Waals surface area (Å²) < 4.78 is 0. The molecule has 176 valence electrons. The van der Waals surface area contributed by atoms with Crippen molar-refractivity contribution >= 4 is 6.09 Å². The normalized spacial score (nSPS) is 42.9. The highest BCUT2D eigenvalue weighted by molar-refractivity contribution is 5.65. The minimum atomic E-state index is -0.865. The summed E-state index contributed by atoms with van der Waals surface area (Å²) in [5.74, 6) is 5.18. The van der Waals surface area contributed by atoms with E-state index in [1.807, 2.05) is 0 Å². The van der Waals surface area contributed by atoms with Gasteiger partial charge in [-0.05, 0) is 97.7 Å². The number of rotatable bonds is 6. The molecule has 4 rings (SSSR count). The maximum Gasteiger partial charge on any atom is 0.404 e. The third-order valence-electron chi connectivity index (χ3n) is 10.6. The van der Waals surface area contributed by atoms with Gasteiger partial charge in [-0.2, -0.15) is 0 Å². The second-order valence-electron chi connectivity index (χ2n) is 12.7. The zero-order chi connectivity index (χ0) is 22.4. The van der Waals surface area contributed by atoms with Gasteiger partial charge < -0.3 is 10.4 Å². The fourth-order valence-corrected chi connectivity index (χ4v) is 8.98. The third kappa shape index (κ3) is 4.20. The Morgan fingerprint density at radius 3 is 2.58 bits per heavy atom. The average molecular weight is 430 g/mol. The summed E-state index contributed by atoms with van der Waals surface area (Å²) in [5.41, 5.74) is 2.42. The van der Waals surface area contributed by atoms with Crippen LogP contribution in [-0.4, -0.2) is 17.2 Å². The van der Waals surface area contributed by atoms with E-state index in [2.05, 4.69) is 46.0 Å². The van der Waals surface area contributed by atoms with Gasteiger partial charge in [-0.3, -0.25) is 0 Å². The van der Waals surface area contributed by atoms with Gasteiger partial charge in [-0.25, -0.2) is 4.79 Å². The fraction of sp³-hybridized carbons (Fsp3) is 0.893. The molecular weight excluding hydrogens is 382 g/mol. The minimum absolute atomic E-state index is 0.116. The maximum atomic E-state index is 11.1. The number of allylic oxidation sites excluding steroid dienone is 1. The summed E-state index contributed by atoms with van der Waals surface area (Å²) in [7, 11) is 0. The molecule has 0 aromatic carbocycles. The van der Waals surface area contributed by atoms with Gasteiger partial charge in [0.15, 0.2) is 0 Å². The smallest absolute Gasteiger partial charge is 0.404 e. The number of amides is 1. The Labute approximate surface area is 190 Å². The largest absolute Gasteiger partial charge is 0.465 e. The molecule has 31 heavy (non-hydrogen) atoms. The highest BCUT2D eigenvalue weighted by Gasteiger charge is 2.59. The first-order valence-electron chi connectivity index (χ1n) is 13.3. The van der Waals surface area contributed by atoms with Crippen molar-refractivity contribution in [2.75, 3.05) is 0 Å². The molecule has 0 radical (unpaired) electrons. The van der Waals surface area contributed by atoms with Crippen molar-refractivity contribution in [2.45, 2.75) is 111 Å². The van der Waals surface area contributed by atoms with Crippen molar-refractivity contribution < 1.29 is 9.90 Å². The number of carboxylic acid groups (broad SMARTS) is 1. The zero-order valence-electron chi connectivity index (χ0n) is 20.8. The van der Waals surface area contributed by atoms with E-state index >= 15 is 0 Å². The number of carbonyl (C=O) groups is 1. The monoisotopic (exact) mass is 429 g/mol. The number of nitrogens with one attached hydrogen (secondary N) is 1. The molecule has 0 saturated heterocycles. The molecule has 3 saturated carbocycles. The molecule has 4 aliphatic carbocycles. The first kappa shape index (κ1) is 23.2. The van der Waals surface area contributed by atoms with Gasteiger partial charge in [0, 0.05) is 6.04 Å². The second kappa shape index (κ2) is 8.75. The maximum absolute atomic E-state index is 11.1. The van der Waals surface area contributed by atoms with Gasteiger partial charge >= 0.3 is 6.09 Å². The molecule has 0 heterocycles. The lowest BCUT2D eigenvalue weighted by Crippen LogP contribution is -2.52. The van der Waals surface area contributed by atoms with Crippen LogP contribution in [0.25, 0.3) is 0 Å². The lowest BCUT2D eigenvalue weighted by Gasteiger charge is -2.58. The molecule has 4 aliphatic rings. The topological polar surface area (TPSA) is 49.3 Å². The summed E-state index contributed by atoms with van der Waals surface area (Å²) in [6.07, 6.45) is 15.9. The van der Waals surface area contributed by atoms with E-state index in [1.54, 1.807) is 5.57 Å². The Hall–Kier alpha value is -0.990. The van der Waals surface area contributed by atoms with E-state index in [9.17, 15) is 4.79 Å². The molecule has 0 aromatic rings. The van der Waals surface area contributed by atoms with Crippen LogP contribution in [0.3, 0.4) is 0 Å².